The Labute approximate surface area is 444 Å². The molecular weight excluding hydrogens is 955 g/mol. The van der Waals surface area contributed by atoms with Crippen molar-refractivity contribution in [3.05, 3.63) is 118 Å². The lowest BCUT2D eigenvalue weighted by Gasteiger charge is -2.33. The Morgan fingerprint density at radius 3 is 0.733 bits per heavy atom. The van der Waals surface area contributed by atoms with E-state index in [0.717, 1.165) is 50.1 Å². The van der Waals surface area contributed by atoms with Gasteiger partial charge in [-0.05, 0) is 124 Å². The van der Waals surface area contributed by atoms with Crippen LogP contribution in [0.15, 0.2) is 50.8 Å². The Bertz CT molecular complexity index is 2620. The maximum Gasteiger partial charge on any atom is 0.342 e. The number of ether oxygens (including phenoxy) is 3. The monoisotopic (exact) mass is 1040 g/mol. The zero-order valence-corrected chi connectivity index (χ0v) is 48.8. The number of nitrogens with zero attached hydrogens (tertiary/aromatic N) is 3. The van der Waals surface area contributed by atoms with Gasteiger partial charge in [-0.3, -0.25) is 14.4 Å². The molecule has 15 heteroatoms. The molecule has 3 unspecified atom stereocenters. The summed E-state index contributed by atoms with van der Waals surface area (Å²) in [5, 5.41) is 32.9. The first-order valence-corrected chi connectivity index (χ1v) is 26.2. The molecule has 0 spiro atoms. The summed E-state index contributed by atoms with van der Waals surface area (Å²) < 4.78 is 19.0. The van der Waals surface area contributed by atoms with Crippen LogP contribution in [0.5, 0.6) is 17.2 Å². The van der Waals surface area contributed by atoms with E-state index < -0.39 is 86.2 Å². The first-order valence-electron chi connectivity index (χ1n) is 26.2. The van der Waals surface area contributed by atoms with E-state index in [1.54, 1.807) is 36.4 Å². The van der Waals surface area contributed by atoms with Crippen LogP contribution in [-0.2, 0) is 80.3 Å². The Morgan fingerprint density at radius 2 is 0.560 bits per heavy atom. The number of phenols is 3. The van der Waals surface area contributed by atoms with Crippen molar-refractivity contribution in [1.29, 1.82) is 0 Å². The van der Waals surface area contributed by atoms with Gasteiger partial charge in [-0.25, -0.2) is 28.1 Å². The fourth-order valence-corrected chi connectivity index (χ4v) is 10.5. The molecule has 0 saturated carbocycles. The molecule has 3 atom stereocenters. The molecule has 3 aromatic carbocycles. The zero-order valence-electron chi connectivity index (χ0n) is 48.8. The number of aromatic nitrogens is 3. The van der Waals surface area contributed by atoms with E-state index in [9.17, 15) is 44.1 Å². The van der Waals surface area contributed by atoms with Gasteiger partial charge in [0.25, 0.3) is 0 Å². The highest BCUT2D eigenvalue weighted by molar-refractivity contribution is 5.71. The topological polar surface area (TPSA) is 206 Å². The van der Waals surface area contributed by atoms with Crippen molar-refractivity contribution in [1.82, 2.24) is 13.7 Å². The van der Waals surface area contributed by atoms with Gasteiger partial charge < -0.3 is 29.5 Å². The van der Waals surface area contributed by atoms with Crippen molar-refractivity contribution in [2.75, 3.05) is 0 Å². The molecule has 0 aliphatic carbocycles. The second kappa shape index (κ2) is 22.2. The molecule has 0 saturated heterocycles. The van der Waals surface area contributed by atoms with E-state index in [2.05, 4.69) is 0 Å². The first kappa shape index (κ1) is 61.4. The lowest BCUT2D eigenvalue weighted by molar-refractivity contribution is -0.154. The van der Waals surface area contributed by atoms with Crippen LogP contribution < -0.4 is 17.1 Å². The van der Waals surface area contributed by atoms with Crippen LogP contribution in [0.1, 0.15) is 233 Å². The van der Waals surface area contributed by atoms with Crippen molar-refractivity contribution in [2.24, 2.45) is 0 Å². The molecule has 3 N–H and O–H groups in total. The maximum atomic E-state index is 14.5. The highest BCUT2D eigenvalue weighted by Gasteiger charge is 2.35. The lowest BCUT2D eigenvalue weighted by Crippen LogP contribution is -2.57. The normalized spacial score (nSPS) is 14.0. The SMILES string of the molecule is CC(OC(=O)CCc1ccc(O)c(C(C)(C)C)c1C(C)(C)C)n1c(=O)n(C(C)OC(=O)CCc2ccc(O)c(C(C)(C)C)c2C(C)(C)C)c(=O)n(C(C)OC(=O)CCc2ccc(O)c(C(C)(C)C)c2C(C)(C)C)c1=O. The molecule has 1 aromatic heterocycles. The summed E-state index contributed by atoms with van der Waals surface area (Å²) in [4.78, 5) is 84.7. The average Bonchev–Trinajstić information content (AvgIpc) is 3.22. The molecule has 0 bridgehead atoms. The van der Waals surface area contributed by atoms with E-state index >= 15 is 0 Å². The van der Waals surface area contributed by atoms with E-state index in [1.807, 2.05) is 125 Å². The van der Waals surface area contributed by atoms with Gasteiger partial charge in [0.1, 0.15) is 17.2 Å². The number of hydrogen-bond donors (Lipinski definition) is 3. The fraction of sp³-hybridized carbons (Fsp3) is 0.600. The Kier molecular flexibility index (Phi) is 18.2. The number of rotatable bonds is 15. The Hall–Kier alpha value is -6.12. The largest absolute Gasteiger partial charge is 0.508 e. The standard InChI is InChI=1S/C60H87N3O12/c1-34(73-43(67)31-25-37-22-28-40(64)49(58(13,14)15)46(37)55(4,5)6)61-52(70)62(35(2)74-44(68)32-26-38-23-29-41(65)50(59(16,17)18)47(38)56(7,8)9)54(72)63(53(61)71)36(3)75-45(69)33-27-39-24-30-42(66)51(60(19,20)21)48(39)57(10,11)12/h22-24,28-30,34-36,64-66H,25-27,31-33H2,1-21H3. The fourth-order valence-electron chi connectivity index (χ4n) is 10.5. The van der Waals surface area contributed by atoms with Crippen molar-refractivity contribution in [3.63, 3.8) is 0 Å². The number of carbonyl (C=O) groups is 3. The molecule has 0 radical (unpaired) electrons. The minimum absolute atomic E-state index is 0.140. The van der Waals surface area contributed by atoms with Crippen LogP contribution in [0.3, 0.4) is 0 Å². The Morgan fingerprint density at radius 1 is 0.373 bits per heavy atom. The third-order valence-corrected chi connectivity index (χ3v) is 13.3. The molecule has 75 heavy (non-hydrogen) atoms. The summed E-state index contributed by atoms with van der Waals surface area (Å²) in [5.74, 6) is -1.91. The lowest BCUT2D eigenvalue weighted by atomic mass is 9.72. The number of aryl methyl sites for hydroxylation is 3. The average molecular weight is 1040 g/mol. The molecule has 1 heterocycles. The molecule has 4 rings (SSSR count). The van der Waals surface area contributed by atoms with Gasteiger partial charge >= 0.3 is 35.0 Å². The van der Waals surface area contributed by atoms with E-state index in [-0.39, 0.29) is 55.8 Å². The third-order valence-electron chi connectivity index (χ3n) is 13.3. The molecule has 15 nitrogen and oxygen atoms in total. The number of aromatic hydroxyl groups is 3. The Balaban J connectivity index is 1.75. The number of hydrogen-bond acceptors (Lipinski definition) is 12. The van der Waals surface area contributed by atoms with Crippen molar-refractivity contribution in [2.45, 2.75) is 235 Å². The van der Waals surface area contributed by atoms with Gasteiger partial charge in [0.2, 0.25) is 0 Å². The summed E-state index contributed by atoms with van der Waals surface area (Å²) >= 11 is 0. The van der Waals surface area contributed by atoms with Crippen LogP contribution in [-0.4, -0.2) is 46.9 Å². The number of phenolic OH excluding ortho intramolecular Hbond substituents is 3. The van der Waals surface area contributed by atoms with E-state index in [4.69, 9.17) is 14.2 Å². The maximum absolute atomic E-state index is 14.5. The molecule has 0 aliphatic heterocycles. The van der Waals surface area contributed by atoms with Crippen LogP contribution in [0, 0.1) is 0 Å². The van der Waals surface area contributed by atoms with Gasteiger partial charge in [-0.1, -0.05) is 143 Å². The summed E-state index contributed by atoms with van der Waals surface area (Å²) in [6.45, 7) is 40.0. The summed E-state index contributed by atoms with van der Waals surface area (Å²) in [6.07, 6.45) is -4.81. The van der Waals surface area contributed by atoms with Crippen molar-refractivity contribution >= 4 is 17.9 Å². The quantitative estimate of drug-likeness (QED) is 0.0751. The molecule has 414 valence electrons. The van der Waals surface area contributed by atoms with Gasteiger partial charge in [-0.2, -0.15) is 0 Å². The van der Waals surface area contributed by atoms with Crippen molar-refractivity contribution < 1.29 is 43.9 Å². The second-order valence-electron chi connectivity index (χ2n) is 26.2. The number of carbonyl (C=O) groups excluding carboxylic acids is 3. The van der Waals surface area contributed by atoms with E-state index in [0.29, 0.717) is 13.7 Å². The highest BCUT2D eigenvalue weighted by Crippen LogP contribution is 2.44. The van der Waals surface area contributed by atoms with Crippen LogP contribution in [0.25, 0.3) is 0 Å². The summed E-state index contributed by atoms with van der Waals surface area (Å²) in [5.41, 5.74) is 1.01. The summed E-state index contributed by atoms with van der Waals surface area (Å²) in [7, 11) is 0. The predicted molar refractivity (Wildman–Crippen MR) is 293 cm³/mol. The second-order valence-corrected chi connectivity index (χ2v) is 26.2. The minimum atomic E-state index is -1.61. The van der Waals surface area contributed by atoms with E-state index in [1.165, 1.54) is 20.8 Å². The van der Waals surface area contributed by atoms with Crippen LogP contribution >= 0.6 is 0 Å². The summed E-state index contributed by atoms with van der Waals surface area (Å²) in [6, 6.07) is 10.1. The molecule has 0 aliphatic rings. The molecular formula is C60H87N3O12. The smallest absolute Gasteiger partial charge is 0.342 e. The van der Waals surface area contributed by atoms with Gasteiger partial charge in [0.05, 0.1) is 0 Å². The highest BCUT2D eigenvalue weighted by atomic mass is 16.6. The molecule has 0 fully saturated rings. The van der Waals surface area contributed by atoms with Gasteiger partial charge in [0.15, 0.2) is 18.7 Å². The van der Waals surface area contributed by atoms with Crippen molar-refractivity contribution in [3.8, 4) is 17.2 Å². The van der Waals surface area contributed by atoms with Crippen LogP contribution in [0.4, 0.5) is 0 Å². The first-order chi connectivity index (χ1) is 34.0. The number of esters is 3. The van der Waals surface area contributed by atoms with Crippen LogP contribution in [0.2, 0.25) is 0 Å². The van der Waals surface area contributed by atoms with Gasteiger partial charge in [0, 0.05) is 36.0 Å². The zero-order chi connectivity index (χ0) is 57.5. The number of benzene rings is 3. The minimum Gasteiger partial charge on any atom is -0.508 e. The van der Waals surface area contributed by atoms with Gasteiger partial charge in [-0.15, -0.1) is 0 Å². The molecule has 4 aromatic rings. The molecule has 0 amide bonds. The third kappa shape index (κ3) is 14.2. The predicted octanol–water partition coefficient (Wildman–Crippen LogP) is 11.2.